The summed E-state index contributed by atoms with van der Waals surface area (Å²) in [4.78, 5) is 1.04. The second-order valence-corrected chi connectivity index (χ2v) is 8.14. The van der Waals surface area contributed by atoms with Crippen molar-refractivity contribution in [3.05, 3.63) is 64.1 Å². The highest BCUT2D eigenvalue weighted by atomic mass is 35.5. The van der Waals surface area contributed by atoms with Crippen LogP contribution in [-0.2, 0) is 6.42 Å². The van der Waals surface area contributed by atoms with Crippen LogP contribution in [0, 0.1) is 11.6 Å². The maximum absolute atomic E-state index is 14.1. The van der Waals surface area contributed by atoms with Crippen LogP contribution in [0.15, 0.2) is 46.9 Å². The Morgan fingerprint density at radius 2 is 2.04 bits per heavy atom. The van der Waals surface area contributed by atoms with Crippen molar-refractivity contribution < 1.29 is 18.0 Å². The van der Waals surface area contributed by atoms with Gasteiger partial charge in [0, 0.05) is 34.1 Å². The van der Waals surface area contributed by atoms with Crippen molar-refractivity contribution in [3.8, 4) is 5.75 Å². The van der Waals surface area contributed by atoms with E-state index in [1.807, 2.05) is 32.1 Å². The average molecular weight is 452 g/mol. The lowest BCUT2D eigenvalue weighted by molar-refractivity contribution is 0.160. The highest BCUT2D eigenvalue weighted by molar-refractivity contribution is 8.03. The van der Waals surface area contributed by atoms with Gasteiger partial charge in [-0.2, -0.15) is 0 Å². The Morgan fingerprint density at radius 1 is 1.29 bits per heavy atom. The predicted molar refractivity (Wildman–Crippen MR) is 116 cm³/mol. The van der Waals surface area contributed by atoms with Crippen molar-refractivity contribution >= 4 is 35.3 Å². The lowest BCUT2D eigenvalue weighted by Crippen LogP contribution is -2.12. The minimum Gasteiger partial charge on any atom is -0.490 e. The van der Waals surface area contributed by atoms with E-state index >= 15 is 0 Å². The molecule has 0 aliphatic rings. The van der Waals surface area contributed by atoms with Gasteiger partial charge < -0.3 is 4.74 Å². The first-order chi connectivity index (χ1) is 13.5. The number of benzene rings is 1. The first kappa shape index (κ1) is 25.0. The fourth-order valence-electron chi connectivity index (χ4n) is 2.24. The van der Waals surface area contributed by atoms with Gasteiger partial charge in [0.15, 0.2) is 11.6 Å². The van der Waals surface area contributed by atoms with Gasteiger partial charge in [-0.3, -0.25) is 0 Å². The van der Waals surface area contributed by atoms with Crippen molar-refractivity contribution in [3.63, 3.8) is 0 Å². The van der Waals surface area contributed by atoms with E-state index in [1.165, 1.54) is 5.54 Å². The highest BCUT2D eigenvalue weighted by Crippen LogP contribution is 2.27. The SMILES string of the molecule is C\C=C/C(=C\C=C\Cl)SCCCOc1c(F)ccc(F)c1CCN(F)SCC. The molecule has 0 aromatic heterocycles. The van der Waals surface area contributed by atoms with E-state index in [0.717, 1.165) is 34.7 Å². The molecule has 0 saturated carbocycles. The third-order valence-corrected chi connectivity index (χ3v) is 5.39. The number of allylic oxidation sites excluding steroid dienone is 4. The van der Waals surface area contributed by atoms with Crippen LogP contribution in [0.5, 0.6) is 5.75 Å². The molecule has 8 heteroatoms. The summed E-state index contributed by atoms with van der Waals surface area (Å²) in [6.07, 6.45) is 8.18. The number of rotatable bonds is 13. The Morgan fingerprint density at radius 3 is 2.71 bits per heavy atom. The molecule has 28 heavy (non-hydrogen) atoms. The predicted octanol–water partition coefficient (Wildman–Crippen LogP) is 7.08. The van der Waals surface area contributed by atoms with Crippen molar-refractivity contribution in [1.82, 2.24) is 4.53 Å². The maximum atomic E-state index is 14.1. The number of ether oxygens (including phenoxy) is 1. The molecule has 0 unspecified atom stereocenters. The van der Waals surface area contributed by atoms with Crippen molar-refractivity contribution in [2.45, 2.75) is 26.7 Å². The standard InChI is InChI=1S/C20H25ClF3NOS2/c1-3-7-16(8-5-12-21)27-15-6-14-26-20-17(11-13-25(24)28-4-2)18(22)9-10-19(20)23/h3,5,7-10,12H,4,6,11,13-15H2,1-2H3/b7-3-,12-5+,16-8+. The molecule has 1 aromatic rings. The monoisotopic (exact) mass is 451 g/mol. The molecule has 0 aliphatic carbocycles. The summed E-state index contributed by atoms with van der Waals surface area (Å²) >= 11 is 8.13. The molecule has 156 valence electrons. The minimum atomic E-state index is -0.639. The fourth-order valence-corrected chi connectivity index (χ4v) is 3.72. The van der Waals surface area contributed by atoms with Crippen LogP contribution in [0.1, 0.15) is 25.8 Å². The van der Waals surface area contributed by atoms with Crippen LogP contribution in [0.2, 0.25) is 0 Å². The van der Waals surface area contributed by atoms with Crippen molar-refractivity contribution in [1.29, 1.82) is 0 Å². The van der Waals surface area contributed by atoms with Gasteiger partial charge in [-0.05, 0) is 56.0 Å². The third-order valence-electron chi connectivity index (χ3n) is 3.43. The fraction of sp³-hybridized carbons (Fsp3) is 0.400. The maximum Gasteiger partial charge on any atom is 0.165 e. The Balaban J connectivity index is 2.62. The zero-order valence-electron chi connectivity index (χ0n) is 16.0. The molecule has 0 heterocycles. The molecule has 0 radical (unpaired) electrons. The molecule has 0 spiro atoms. The Hall–Kier alpha value is -1.02. The Bertz CT molecular complexity index is 684. The zero-order chi connectivity index (χ0) is 20.8. The summed E-state index contributed by atoms with van der Waals surface area (Å²) in [5.41, 5.74) is 1.49. The van der Waals surface area contributed by atoms with Gasteiger partial charge in [-0.15, -0.1) is 16.2 Å². The smallest absolute Gasteiger partial charge is 0.165 e. The molecule has 0 saturated heterocycles. The van der Waals surface area contributed by atoms with Crippen molar-refractivity contribution in [2.24, 2.45) is 0 Å². The molecule has 0 fully saturated rings. The summed E-state index contributed by atoms with van der Waals surface area (Å²) in [5.74, 6) is -0.0577. The normalized spacial score (nSPS) is 12.6. The van der Waals surface area contributed by atoms with Gasteiger partial charge in [0.2, 0.25) is 0 Å². The van der Waals surface area contributed by atoms with Crippen LogP contribution < -0.4 is 4.74 Å². The van der Waals surface area contributed by atoms with Crippen LogP contribution >= 0.6 is 35.3 Å². The second kappa shape index (κ2) is 14.9. The van der Waals surface area contributed by atoms with E-state index in [1.54, 1.807) is 17.8 Å². The molecule has 1 rings (SSSR count). The molecule has 1 aromatic carbocycles. The van der Waals surface area contributed by atoms with Gasteiger partial charge in [0.25, 0.3) is 0 Å². The quantitative estimate of drug-likeness (QED) is 0.137. The molecule has 0 atom stereocenters. The Kier molecular flexibility index (Phi) is 13.3. The molecule has 2 nitrogen and oxygen atoms in total. The van der Waals surface area contributed by atoms with E-state index in [0.29, 0.717) is 16.7 Å². The largest absolute Gasteiger partial charge is 0.490 e. The van der Waals surface area contributed by atoms with Crippen LogP contribution in [0.25, 0.3) is 0 Å². The van der Waals surface area contributed by atoms with Gasteiger partial charge in [0.05, 0.1) is 6.61 Å². The van der Waals surface area contributed by atoms with Gasteiger partial charge in [-0.25, -0.2) is 8.78 Å². The van der Waals surface area contributed by atoms with E-state index in [-0.39, 0.29) is 30.9 Å². The third kappa shape index (κ3) is 9.45. The van der Waals surface area contributed by atoms with Gasteiger partial charge >= 0.3 is 0 Å². The van der Waals surface area contributed by atoms with Gasteiger partial charge in [0.1, 0.15) is 5.82 Å². The van der Waals surface area contributed by atoms with E-state index in [4.69, 9.17) is 16.3 Å². The summed E-state index contributed by atoms with van der Waals surface area (Å²) < 4.78 is 47.8. The molecular weight excluding hydrogens is 427 g/mol. The molecule has 0 amide bonds. The van der Waals surface area contributed by atoms with Crippen LogP contribution in [-0.4, -0.2) is 29.2 Å². The van der Waals surface area contributed by atoms with Crippen LogP contribution in [0.4, 0.5) is 13.3 Å². The first-order valence-electron chi connectivity index (χ1n) is 8.91. The van der Waals surface area contributed by atoms with E-state index in [2.05, 4.69) is 0 Å². The first-order valence-corrected chi connectivity index (χ1v) is 11.3. The molecule has 0 N–H and O–H groups in total. The summed E-state index contributed by atoms with van der Waals surface area (Å²) in [6, 6.07) is 2.07. The summed E-state index contributed by atoms with van der Waals surface area (Å²) in [7, 11) is 0. The number of hydrogen-bond acceptors (Lipinski definition) is 4. The summed E-state index contributed by atoms with van der Waals surface area (Å²) in [5, 5.41) is 0. The molecular formula is C20H25ClF3NOS2. The number of nitrogens with zero attached hydrogens (tertiary/aromatic N) is 1. The van der Waals surface area contributed by atoms with E-state index in [9.17, 15) is 13.3 Å². The lowest BCUT2D eigenvalue weighted by atomic mass is 10.1. The number of thioether (sulfide) groups is 1. The van der Waals surface area contributed by atoms with Crippen LogP contribution in [0.3, 0.4) is 0 Å². The second-order valence-electron chi connectivity index (χ2n) is 5.48. The number of hydrogen-bond donors (Lipinski definition) is 0. The highest BCUT2D eigenvalue weighted by Gasteiger charge is 2.17. The van der Waals surface area contributed by atoms with E-state index < -0.39 is 11.6 Å². The minimum absolute atomic E-state index is 0.0239. The average Bonchev–Trinajstić information content (AvgIpc) is 2.67. The molecule has 0 aliphatic heterocycles. The van der Waals surface area contributed by atoms with Gasteiger partial charge in [-0.1, -0.05) is 35.2 Å². The summed E-state index contributed by atoms with van der Waals surface area (Å²) in [6.45, 7) is 3.93. The topological polar surface area (TPSA) is 12.5 Å². The Labute approximate surface area is 178 Å². The lowest BCUT2D eigenvalue weighted by Gasteiger charge is -2.15. The number of halogens is 4. The van der Waals surface area contributed by atoms with Crippen molar-refractivity contribution in [2.75, 3.05) is 24.7 Å². The zero-order valence-corrected chi connectivity index (χ0v) is 18.4. The molecule has 0 bridgehead atoms.